The Morgan fingerprint density at radius 2 is 1.74 bits per heavy atom. The highest BCUT2D eigenvalue weighted by Crippen LogP contribution is 2.40. The lowest BCUT2D eigenvalue weighted by molar-refractivity contribution is -0.145. The topological polar surface area (TPSA) is 87.2 Å². The zero-order valence-corrected chi connectivity index (χ0v) is 20.3. The van der Waals surface area contributed by atoms with Crippen LogP contribution in [0.15, 0.2) is 59.8 Å². The van der Waals surface area contributed by atoms with E-state index in [1.54, 1.807) is 30.3 Å². The number of benzene rings is 2. The number of anilines is 5. The van der Waals surface area contributed by atoms with E-state index in [2.05, 4.69) is 20.6 Å². The van der Waals surface area contributed by atoms with Crippen molar-refractivity contribution in [2.75, 3.05) is 27.8 Å². The zero-order chi connectivity index (χ0) is 25.2. The normalized spacial score (nSPS) is 16.4. The molecule has 1 aromatic heterocycles. The van der Waals surface area contributed by atoms with Crippen LogP contribution in [0.25, 0.3) is 0 Å². The van der Waals surface area contributed by atoms with Gasteiger partial charge in [0.1, 0.15) is 24.0 Å². The number of hydrogen-bond donors (Lipinski definition) is 2. The molecular weight excluding hydrogens is 503 g/mol. The van der Waals surface area contributed by atoms with E-state index < -0.39 is 22.1 Å². The Morgan fingerprint density at radius 1 is 1.06 bits per heavy atom. The second-order valence-electron chi connectivity index (χ2n) is 8.02. The van der Waals surface area contributed by atoms with Crippen LogP contribution < -0.4 is 15.5 Å². The summed E-state index contributed by atoms with van der Waals surface area (Å²) < 4.78 is 66.0. The summed E-state index contributed by atoms with van der Waals surface area (Å²) in [5, 5.41) is 6.68. The van der Waals surface area contributed by atoms with Gasteiger partial charge in [0.05, 0.1) is 22.0 Å². The third kappa shape index (κ3) is 5.79. The number of halogens is 4. The molecule has 186 valence electrons. The second-order valence-corrected chi connectivity index (χ2v) is 10.7. The molecule has 3 aromatic rings. The first-order chi connectivity index (χ1) is 16.6. The van der Waals surface area contributed by atoms with Crippen molar-refractivity contribution in [3.05, 3.63) is 59.9 Å². The molecule has 0 saturated carbocycles. The van der Waals surface area contributed by atoms with Crippen LogP contribution >= 0.6 is 11.6 Å². The standard InChI is InChI=1S/C23H23ClF3N5O2S/c1-2-35(33,34)17-9-10-19(32-11-3-4-20(32)23(25,26)27)18(12-17)31-22-13-21(28-14-29-22)30-16-7-5-15(24)6-8-16/h5-10,12-14,20H,2-4,11H2,1H3,(H2,28,29,30,31). The fourth-order valence-corrected chi connectivity index (χ4v) is 4.97. The van der Waals surface area contributed by atoms with Crippen molar-refractivity contribution >= 4 is 50.1 Å². The summed E-state index contributed by atoms with van der Waals surface area (Å²) in [6.45, 7) is 1.71. The molecule has 0 spiro atoms. The summed E-state index contributed by atoms with van der Waals surface area (Å²) in [5.74, 6) is 0.577. The fourth-order valence-electron chi connectivity index (χ4n) is 3.93. The number of rotatable bonds is 7. The van der Waals surface area contributed by atoms with E-state index >= 15 is 0 Å². The molecule has 2 aromatic carbocycles. The maximum atomic E-state index is 13.7. The molecule has 0 aliphatic carbocycles. The molecule has 1 atom stereocenters. The molecule has 12 heteroatoms. The predicted molar refractivity (Wildman–Crippen MR) is 131 cm³/mol. The summed E-state index contributed by atoms with van der Waals surface area (Å²) in [7, 11) is -3.58. The Morgan fingerprint density at radius 3 is 2.40 bits per heavy atom. The van der Waals surface area contributed by atoms with Crippen LogP contribution in [0.5, 0.6) is 0 Å². The molecule has 0 radical (unpaired) electrons. The second kappa shape index (κ2) is 9.90. The monoisotopic (exact) mass is 525 g/mol. The highest BCUT2D eigenvalue weighted by atomic mass is 35.5. The van der Waals surface area contributed by atoms with E-state index in [1.165, 1.54) is 36.4 Å². The smallest absolute Gasteiger partial charge is 0.358 e. The minimum Gasteiger partial charge on any atom is -0.358 e. The highest BCUT2D eigenvalue weighted by molar-refractivity contribution is 7.91. The van der Waals surface area contributed by atoms with Gasteiger partial charge in [0.2, 0.25) is 0 Å². The predicted octanol–water partition coefficient (Wildman–Crippen LogP) is 5.94. The maximum absolute atomic E-state index is 13.7. The van der Waals surface area contributed by atoms with Crippen molar-refractivity contribution < 1.29 is 21.6 Å². The van der Waals surface area contributed by atoms with Crippen molar-refractivity contribution in [1.29, 1.82) is 0 Å². The van der Waals surface area contributed by atoms with E-state index in [0.29, 0.717) is 17.3 Å². The fraction of sp³-hybridized carbons (Fsp3) is 0.304. The van der Waals surface area contributed by atoms with Crippen LogP contribution in [0.1, 0.15) is 19.8 Å². The van der Waals surface area contributed by atoms with Crippen LogP contribution in [0.2, 0.25) is 5.02 Å². The number of nitrogens with one attached hydrogen (secondary N) is 2. The van der Waals surface area contributed by atoms with Crippen LogP contribution in [0.4, 0.5) is 41.9 Å². The van der Waals surface area contributed by atoms with Gasteiger partial charge >= 0.3 is 6.18 Å². The van der Waals surface area contributed by atoms with Gasteiger partial charge in [-0.25, -0.2) is 18.4 Å². The summed E-state index contributed by atoms with van der Waals surface area (Å²) in [5.41, 5.74) is 1.19. The van der Waals surface area contributed by atoms with Gasteiger partial charge in [0, 0.05) is 23.3 Å². The van der Waals surface area contributed by atoms with E-state index in [1.807, 2.05) is 0 Å². The molecule has 35 heavy (non-hydrogen) atoms. The Hall–Kier alpha value is -3.05. The lowest BCUT2D eigenvalue weighted by Gasteiger charge is -2.30. The molecule has 0 bridgehead atoms. The third-order valence-electron chi connectivity index (χ3n) is 5.69. The van der Waals surface area contributed by atoms with Crippen LogP contribution in [-0.4, -0.2) is 42.9 Å². The minimum absolute atomic E-state index is 0.0163. The number of nitrogens with zero attached hydrogens (tertiary/aromatic N) is 3. The Kier molecular flexibility index (Phi) is 7.09. The first kappa shape index (κ1) is 25.1. The summed E-state index contributed by atoms with van der Waals surface area (Å²) >= 11 is 5.91. The third-order valence-corrected chi connectivity index (χ3v) is 7.68. The quantitative estimate of drug-likeness (QED) is 0.394. The van der Waals surface area contributed by atoms with Crippen molar-refractivity contribution in [2.24, 2.45) is 0 Å². The maximum Gasteiger partial charge on any atom is 0.408 e. The average molecular weight is 526 g/mol. The lowest BCUT2D eigenvalue weighted by Crippen LogP contribution is -2.41. The van der Waals surface area contributed by atoms with Gasteiger partial charge < -0.3 is 15.5 Å². The molecule has 1 saturated heterocycles. The molecule has 2 N–H and O–H groups in total. The van der Waals surface area contributed by atoms with Gasteiger partial charge in [-0.05, 0) is 55.3 Å². The molecule has 7 nitrogen and oxygen atoms in total. The van der Waals surface area contributed by atoms with Gasteiger partial charge in [-0.15, -0.1) is 0 Å². The SMILES string of the molecule is CCS(=O)(=O)c1ccc(N2CCCC2C(F)(F)F)c(Nc2cc(Nc3ccc(Cl)cc3)ncn2)c1. The molecule has 0 amide bonds. The molecule has 1 aliphatic rings. The number of sulfone groups is 1. The zero-order valence-electron chi connectivity index (χ0n) is 18.7. The van der Waals surface area contributed by atoms with Gasteiger partial charge in [0.25, 0.3) is 0 Å². The Bertz CT molecular complexity index is 1300. The first-order valence-corrected chi connectivity index (χ1v) is 12.9. The van der Waals surface area contributed by atoms with Crippen molar-refractivity contribution in [2.45, 2.75) is 36.9 Å². The summed E-state index contributed by atoms with van der Waals surface area (Å²) in [6.07, 6.45) is -2.77. The molecular formula is C23H23ClF3N5O2S. The van der Waals surface area contributed by atoms with E-state index in [9.17, 15) is 21.6 Å². The van der Waals surface area contributed by atoms with Crippen LogP contribution in [-0.2, 0) is 9.84 Å². The van der Waals surface area contributed by atoms with Crippen LogP contribution in [0, 0.1) is 0 Å². The Balaban J connectivity index is 1.69. The van der Waals surface area contributed by atoms with Gasteiger partial charge in [-0.3, -0.25) is 0 Å². The summed E-state index contributed by atoms with van der Waals surface area (Å²) in [4.78, 5) is 9.61. The average Bonchev–Trinajstić information content (AvgIpc) is 3.31. The number of alkyl halides is 3. The lowest BCUT2D eigenvalue weighted by atomic mass is 10.2. The van der Waals surface area contributed by atoms with Crippen molar-refractivity contribution in [3.8, 4) is 0 Å². The van der Waals surface area contributed by atoms with Gasteiger partial charge in [-0.1, -0.05) is 18.5 Å². The van der Waals surface area contributed by atoms with Crippen molar-refractivity contribution in [1.82, 2.24) is 9.97 Å². The highest BCUT2D eigenvalue weighted by Gasteiger charge is 2.46. The van der Waals surface area contributed by atoms with Crippen LogP contribution in [0.3, 0.4) is 0 Å². The number of hydrogen-bond acceptors (Lipinski definition) is 7. The molecule has 1 fully saturated rings. The number of aromatic nitrogens is 2. The van der Waals surface area contributed by atoms with E-state index in [0.717, 1.165) is 5.69 Å². The van der Waals surface area contributed by atoms with Gasteiger partial charge in [0.15, 0.2) is 9.84 Å². The Labute approximate surface area is 206 Å². The molecule has 1 unspecified atom stereocenters. The molecule has 4 rings (SSSR count). The minimum atomic E-state index is -4.41. The summed E-state index contributed by atoms with van der Waals surface area (Å²) in [6, 6.07) is 11.0. The van der Waals surface area contributed by atoms with Crippen molar-refractivity contribution in [3.63, 3.8) is 0 Å². The largest absolute Gasteiger partial charge is 0.408 e. The van der Waals surface area contributed by atoms with E-state index in [4.69, 9.17) is 11.6 Å². The molecule has 1 aliphatic heterocycles. The first-order valence-electron chi connectivity index (χ1n) is 10.9. The van der Waals surface area contributed by atoms with E-state index in [-0.39, 0.29) is 40.8 Å². The molecule has 2 heterocycles. The van der Waals surface area contributed by atoms with Gasteiger partial charge in [-0.2, -0.15) is 13.2 Å².